The summed E-state index contributed by atoms with van der Waals surface area (Å²) in [5.74, 6) is -1.12. The second-order valence-electron chi connectivity index (χ2n) is 7.12. The number of nitrogens with one attached hydrogen (secondary N) is 2. The number of hydrogen-bond donors (Lipinski definition) is 2. The zero-order valence-electron chi connectivity index (χ0n) is 17.9. The van der Waals surface area contributed by atoms with Gasteiger partial charge in [0.2, 0.25) is 5.91 Å². The summed E-state index contributed by atoms with van der Waals surface area (Å²) >= 11 is 1.51. The average Bonchev–Trinajstić information content (AvgIpc) is 2.82. The summed E-state index contributed by atoms with van der Waals surface area (Å²) in [5, 5.41) is 2.90. The van der Waals surface area contributed by atoms with E-state index in [1.165, 1.54) is 41.1 Å². The number of pyridine rings is 1. The fourth-order valence-electron chi connectivity index (χ4n) is 3.07. The van der Waals surface area contributed by atoms with Gasteiger partial charge in [-0.25, -0.2) is 4.39 Å². The van der Waals surface area contributed by atoms with E-state index in [9.17, 15) is 14.0 Å². The normalized spacial score (nSPS) is 11.6. The Hall–Kier alpha value is -3.23. The number of nitrogens with zero attached hydrogens (tertiary/aromatic N) is 2. The van der Waals surface area contributed by atoms with Gasteiger partial charge in [-0.15, -0.1) is 0 Å². The first-order valence-corrected chi connectivity index (χ1v) is 11.0. The van der Waals surface area contributed by atoms with Gasteiger partial charge in [-0.3, -0.25) is 19.3 Å². The SMILES string of the molecule is CCNSc1ccc(NC(=O)C(Cc2cccnc2)N(C)C(=O)c2ccc(F)cc2)cc1. The molecule has 32 heavy (non-hydrogen) atoms. The van der Waals surface area contributed by atoms with Crippen LogP contribution in [0.25, 0.3) is 0 Å². The van der Waals surface area contributed by atoms with E-state index < -0.39 is 11.9 Å². The van der Waals surface area contributed by atoms with Crippen LogP contribution in [-0.2, 0) is 11.2 Å². The van der Waals surface area contributed by atoms with Crippen molar-refractivity contribution in [3.8, 4) is 0 Å². The van der Waals surface area contributed by atoms with Crippen LogP contribution < -0.4 is 10.0 Å². The van der Waals surface area contributed by atoms with Crippen molar-refractivity contribution in [1.29, 1.82) is 0 Å². The van der Waals surface area contributed by atoms with Crippen molar-refractivity contribution in [2.45, 2.75) is 24.3 Å². The summed E-state index contributed by atoms with van der Waals surface area (Å²) in [6.07, 6.45) is 3.61. The second-order valence-corrected chi connectivity index (χ2v) is 8.08. The van der Waals surface area contributed by atoms with Gasteiger partial charge in [0.15, 0.2) is 0 Å². The van der Waals surface area contributed by atoms with Crippen LogP contribution in [0.1, 0.15) is 22.8 Å². The summed E-state index contributed by atoms with van der Waals surface area (Å²) in [7, 11) is 1.57. The molecule has 2 N–H and O–H groups in total. The Balaban J connectivity index is 1.79. The Labute approximate surface area is 191 Å². The molecule has 0 aliphatic carbocycles. The predicted molar refractivity (Wildman–Crippen MR) is 125 cm³/mol. The quantitative estimate of drug-likeness (QED) is 0.477. The minimum atomic E-state index is -0.785. The van der Waals surface area contributed by atoms with Crippen molar-refractivity contribution in [1.82, 2.24) is 14.6 Å². The molecule has 0 saturated heterocycles. The molecule has 2 aromatic carbocycles. The number of anilines is 1. The Bertz CT molecular complexity index is 1030. The monoisotopic (exact) mass is 452 g/mol. The third-order valence-corrected chi connectivity index (χ3v) is 5.73. The molecule has 3 rings (SSSR count). The maximum absolute atomic E-state index is 13.3. The van der Waals surface area contributed by atoms with Crippen LogP contribution >= 0.6 is 11.9 Å². The highest BCUT2D eigenvalue weighted by molar-refractivity contribution is 7.97. The van der Waals surface area contributed by atoms with E-state index in [0.29, 0.717) is 11.3 Å². The predicted octanol–water partition coefficient (Wildman–Crippen LogP) is 4.16. The van der Waals surface area contributed by atoms with Crippen LogP contribution in [0.15, 0.2) is 78.0 Å². The zero-order chi connectivity index (χ0) is 22.9. The van der Waals surface area contributed by atoms with Crippen molar-refractivity contribution in [2.24, 2.45) is 0 Å². The fraction of sp³-hybridized carbons (Fsp3) is 0.208. The summed E-state index contributed by atoms with van der Waals surface area (Å²) < 4.78 is 16.4. The standard InChI is InChI=1S/C24H25FN4O2S/c1-3-27-32-21-12-10-20(11-13-21)28-23(30)22(15-17-5-4-14-26-16-17)29(2)24(31)18-6-8-19(25)9-7-18/h4-14,16,22,27H,3,15H2,1-2H3,(H,28,30). The Kier molecular flexibility index (Phi) is 8.35. The molecule has 6 nitrogen and oxygen atoms in total. The number of likely N-dealkylation sites (N-methyl/N-ethyl adjacent to an activating group) is 1. The smallest absolute Gasteiger partial charge is 0.254 e. The number of amides is 2. The lowest BCUT2D eigenvalue weighted by Crippen LogP contribution is -2.46. The topological polar surface area (TPSA) is 74.3 Å². The lowest BCUT2D eigenvalue weighted by atomic mass is 10.0. The number of aromatic nitrogens is 1. The Morgan fingerprint density at radius 3 is 2.44 bits per heavy atom. The number of carbonyl (C=O) groups excluding carboxylic acids is 2. The van der Waals surface area contributed by atoms with Gasteiger partial charge >= 0.3 is 0 Å². The molecular weight excluding hydrogens is 427 g/mol. The van der Waals surface area contributed by atoms with Crippen molar-refractivity contribution in [3.05, 3.63) is 90.0 Å². The molecule has 8 heteroatoms. The minimum Gasteiger partial charge on any atom is -0.329 e. The lowest BCUT2D eigenvalue weighted by molar-refractivity contribution is -0.120. The number of hydrogen-bond acceptors (Lipinski definition) is 5. The summed E-state index contributed by atoms with van der Waals surface area (Å²) in [4.78, 5) is 32.7. The van der Waals surface area contributed by atoms with Gasteiger partial charge in [0.25, 0.3) is 5.91 Å². The van der Waals surface area contributed by atoms with Crippen LogP contribution in [0.3, 0.4) is 0 Å². The molecule has 0 bridgehead atoms. The molecule has 1 heterocycles. The highest BCUT2D eigenvalue weighted by atomic mass is 32.2. The highest BCUT2D eigenvalue weighted by Crippen LogP contribution is 2.19. The van der Waals surface area contributed by atoms with Gasteiger partial charge in [0.1, 0.15) is 11.9 Å². The zero-order valence-corrected chi connectivity index (χ0v) is 18.7. The van der Waals surface area contributed by atoms with Gasteiger partial charge in [-0.2, -0.15) is 0 Å². The average molecular weight is 453 g/mol. The van der Waals surface area contributed by atoms with Crippen LogP contribution in [0.5, 0.6) is 0 Å². The Morgan fingerprint density at radius 2 is 1.81 bits per heavy atom. The maximum atomic E-state index is 13.3. The molecule has 0 radical (unpaired) electrons. The van der Waals surface area contributed by atoms with Gasteiger partial charge in [-0.05, 0) is 72.1 Å². The second kappa shape index (κ2) is 11.4. The van der Waals surface area contributed by atoms with Gasteiger partial charge < -0.3 is 10.2 Å². The van der Waals surface area contributed by atoms with Gasteiger partial charge in [-0.1, -0.05) is 13.0 Å². The Morgan fingerprint density at radius 1 is 1.09 bits per heavy atom. The first-order chi connectivity index (χ1) is 15.5. The molecule has 1 unspecified atom stereocenters. The molecule has 2 amide bonds. The van der Waals surface area contributed by atoms with E-state index in [0.717, 1.165) is 17.0 Å². The summed E-state index contributed by atoms with van der Waals surface area (Å²) in [6.45, 7) is 2.86. The van der Waals surface area contributed by atoms with E-state index in [-0.39, 0.29) is 18.2 Å². The number of benzene rings is 2. The molecule has 166 valence electrons. The highest BCUT2D eigenvalue weighted by Gasteiger charge is 2.28. The van der Waals surface area contributed by atoms with E-state index in [1.807, 2.05) is 37.3 Å². The third kappa shape index (κ3) is 6.38. The van der Waals surface area contributed by atoms with E-state index in [4.69, 9.17) is 0 Å². The molecule has 0 fully saturated rings. The van der Waals surface area contributed by atoms with Crippen LogP contribution in [0, 0.1) is 5.82 Å². The summed E-state index contributed by atoms with van der Waals surface area (Å²) in [6, 6.07) is 15.6. The number of halogens is 1. The molecule has 1 aromatic heterocycles. The van der Waals surface area contributed by atoms with E-state index in [2.05, 4.69) is 15.0 Å². The van der Waals surface area contributed by atoms with E-state index >= 15 is 0 Å². The maximum Gasteiger partial charge on any atom is 0.254 e. The molecule has 0 spiro atoms. The molecule has 3 aromatic rings. The third-order valence-electron chi connectivity index (χ3n) is 4.79. The molecule has 0 saturated carbocycles. The number of carbonyl (C=O) groups is 2. The summed E-state index contributed by atoms with van der Waals surface area (Å²) in [5.41, 5.74) is 1.76. The molecule has 0 aliphatic rings. The first kappa shape index (κ1) is 23.4. The van der Waals surface area contributed by atoms with Crippen molar-refractivity contribution >= 4 is 29.4 Å². The lowest BCUT2D eigenvalue weighted by Gasteiger charge is -2.27. The van der Waals surface area contributed by atoms with Gasteiger partial charge in [0, 0.05) is 48.6 Å². The van der Waals surface area contributed by atoms with Crippen LogP contribution in [-0.4, -0.2) is 41.3 Å². The van der Waals surface area contributed by atoms with Crippen LogP contribution in [0.4, 0.5) is 10.1 Å². The van der Waals surface area contributed by atoms with Gasteiger partial charge in [0.05, 0.1) is 0 Å². The number of rotatable bonds is 9. The van der Waals surface area contributed by atoms with Crippen molar-refractivity contribution in [3.63, 3.8) is 0 Å². The minimum absolute atomic E-state index is 0.289. The molecule has 1 atom stereocenters. The molecular formula is C24H25FN4O2S. The van der Waals surface area contributed by atoms with Crippen LogP contribution in [0.2, 0.25) is 0 Å². The largest absolute Gasteiger partial charge is 0.329 e. The fourth-order valence-corrected chi connectivity index (χ4v) is 3.66. The molecule has 0 aliphatic heterocycles. The first-order valence-electron chi connectivity index (χ1n) is 10.2. The van der Waals surface area contributed by atoms with E-state index in [1.54, 1.807) is 25.5 Å². The van der Waals surface area contributed by atoms with Crippen molar-refractivity contribution < 1.29 is 14.0 Å². The van der Waals surface area contributed by atoms with Crippen molar-refractivity contribution in [2.75, 3.05) is 18.9 Å².